The summed E-state index contributed by atoms with van der Waals surface area (Å²) in [6, 6.07) is 2.65. The number of hydrogen-bond donors (Lipinski definition) is 0. The summed E-state index contributed by atoms with van der Waals surface area (Å²) >= 11 is 2.07. The number of benzene rings is 1. The van der Waals surface area contributed by atoms with Crippen LogP contribution in [0.25, 0.3) is 27.0 Å². The quantitative estimate of drug-likeness (QED) is 0.366. The predicted octanol–water partition coefficient (Wildman–Crippen LogP) is 7.54. The summed E-state index contributed by atoms with van der Waals surface area (Å²) in [6.45, 7) is 8.49. The highest BCUT2D eigenvalue weighted by Gasteiger charge is 2.53. The van der Waals surface area contributed by atoms with Crippen LogP contribution in [0, 0.1) is 19.0 Å². The molecule has 0 nitrogen and oxygen atoms in total. The Bertz CT molecular complexity index is 1180. The van der Waals surface area contributed by atoms with Crippen LogP contribution in [0.4, 0.5) is 17.6 Å². The summed E-state index contributed by atoms with van der Waals surface area (Å²) in [7, 11) is 0. The Morgan fingerprint density at radius 1 is 0.926 bits per heavy atom. The molecule has 0 spiro atoms. The molecule has 0 aliphatic heterocycles. The number of hydrogen-bond acceptors (Lipinski definition) is 2. The van der Waals surface area contributed by atoms with Crippen LogP contribution in [0.2, 0.25) is 0 Å². The van der Waals surface area contributed by atoms with Gasteiger partial charge in [0.2, 0.25) is 0 Å². The van der Waals surface area contributed by atoms with Crippen LogP contribution >= 0.6 is 22.7 Å². The van der Waals surface area contributed by atoms with Gasteiger partial charge in [-0.25, -0.2) is 4.39 Å². The average Bonchev–Trinajstić information content (AvgIpc) is 3.27. The van der Waals surface area contributed by atoms with Gasteiger partial charge in [-0.3, -0.25) is 0 Å². The van der Waals surface area contributed by atoms with Crippen molar-refractivity contribution < 1.29 is 17.6 Å². The molecular formula is C21H14F4S2. The highest BCUT2D eigenvalue weighted by molar-refractivity contribution is 7.16. The molecule has 2 aromatic heterocycles. The Labute approximate surface area is 161 Å². The summed E-state index contributed by atoms with van der Waals surface area (Å²) < 4.78 is 60.2. The van der Waals surface area contributed by atoms with Crippen molar-refractivity contribution >= 4 is 28.7 Å². The predicted molar refractivity (Wildman–Crippen MR) is 103 cm³/mol. The second-order valence-electron chi connectivity index (χ2n) is 7.22. The van der Waals surface area contributed by atoms with Crippen LogP contribution in [0.5, 0.6) is 0 Å². The van der Waals surface area contributed by atoms with Crippen LogP contribution in [-0.2, 0) is 11.6 Å². The van der Waals surface area contributed by atoms with Crippen molar-refractivity contribution in [2.75, 3.05) is 0 Å². The van der Waals surface area contributed by atoms with E-state index in [1.54, 1.807) is 26.0 Å². The van der Waals surface area contributed by atoms with E-state index in [0.29, 0.717) is 49.6 Å². The Balaban J connectivity index is 1.95. The lowest BCUT2D eigenvalue weighted by atomic mass is 9.85. The van der Waals surface area contributed by atoms with Crippen molar-refractivity contribution in [2.45, 2.75) is 32.4 Å². The number of fused-ring (bicyclic) bond motifs is 6. The smallest absolute Gasteiger partial charge is 0.234 e. The maximum atomic E-state index is 15.9. The first-order valence-electron chi connectivity index (χ1n) is 8.42. The second kappa shape index (κ2) is 4.92. The first-order valence-corrected chi connectivity index (χ1v) is 10.1. The summed E-state index contributed by atoms with van der Waals surface area (Å²) in [6.07, 6.45) is 1.64. The molecule has 0 saturated heterocycles. The van der Waals surface area contributed by atoms with Gasteiger partial charge in [0.05, 0.1) is 0 Å². The summed E-state index contributed by atoms with van der Waals surface area (Å²) in [4.78, 5) is 1.71. The molecule has 1 aromatic carbocycles. The summed E-state index contributed by atoms with van der Waals surface area (Å²) in [5.74, 6) is -3.29. The number of rotatable bonds is 1. The second-order valence-corrected chi connectivity index (χ2v) is 9.30. The minimum Gasteiger partial charge on any atom is -0.234 e. The number of thiophene rings is 2. The van der Waals surface area contributed by atoms with Crippen molar-refractivity contribution in [3.8, 4) is 20.9 Å². The van der Waals surface area contributed by atoms with E-state index in [1.807, 2.05) is 0 Å². The third-order valence-electron chi connectivity index (χ3n) is 5.74. The Morgan fingerprint density at radius 2 is 1.52 bits per heavy atom. The third-order valence-corrected chi connectivity index (χ3v) is 7.83. The fraction of sp³-hybridized carbons (Fsp3) is 0.238. The lowest BCUT2D eigenvalue weighted by molar-refractivity contribution is 0.0473. The van der Waals surface area contributed by atoms with E-state index in [0.717, 1.165) is 10.9 Å². The molecule has 1 atom stereocenters. The van der Waals surface area contributed by atoms with E-state index in [-0.39, 0.29) is 16.0 Å². The van der Waals surface area contributed by atoms with Gasteiger partial charge in [0.1, 0.15) is 0 Å². The first kappa shape index (κ1) is 17.2. The Morgan fingerprint density at radius 3 is 2.19 bits per heavy atom. The van der Waals surface area contributed by atoms with Gasteiger partial charge < -0.3 is 0 Å². The maximum absolute atomic E-state index is 15.9. The molecule has 27 heavy (non-hydrogen) atoms. The number of halogens is 4. The standard InChI is InChI=1S/C21H14F4S2/c1-5-10-6-11-18(26-10)14-9(3)17-15(8(2)16(14)20(11,4)23)19-12(21(17,24)25)7-13(22)27-19/h5-7H,1H2,2-4H3. The molecule has 2 aliphatic rings. The molecule has 1 unspecified atom stereocenters. The molecule has 0 fully saturated rings. The SMILES string of the molecule is C=Cc1cc2c(s1)-c1c(C)c3c(c(C)c1C2(C)F)-c1sc(F)cc1C3(F)F. The average molecular weight is 406 g/mol. The van der Waals surface area contributed by atoms with E-state index < -0.39 is 16.7 Å². The fourth-order valence-corrected chi connectivity index (χ4v) is 6.88. The molecule has 2 aliphatic carbocycles. The van der Waals surface area contributed by atoms with Crippen molar-refractivity contribution in [3.05, 3.63) is 62.1 Å². The van der Waals surface area contributed by atoms with Gasteiger partial charge in [-0.15, -0.1) is 22.7 Å². The van der Waals surface area contributed by atoms with E-state index in [2.05, 4.69) is 6.58 Å². The van der Waals surface area contributed by atoms with Crippen molar-refractivity contribution in [1.82, 2.24) is 0 Å². The highest BCUT2D eigenvalue weighted by atomic mass is 32.1. The van der Waals surface area contributed by atoms with Crippen LogP contribution in [0.3, 0.4) is 0 Å². The van der Waals surface area contributed by atoms with Gasteiger partial charge in [0.15, 0.2) is 10.8 Å². The molecule has 3 aromatic rings. The molecule has 0 saturated carbocycles. The van der Waals surface area contributed by atoms with E-state index in [4.69, 9.17) is 0 Å². The lowest BCUT2D eigenvalue weighted by Gasteiger charge is -2.24. The lowest BCUT2D eigenvalue weighted by Crippen LogP contribution is -2.17. The van der Waals surface area contributed by atoms with Crippen molar-refractivity contribution in [3.63, 3.8) is 0 Å². The van der Waals surface area contributed by atoms with E-state index in [1.165, 1.54) is 18.3 Å². The minimum absolute atomic E-state index is 0.114. The maximum Gasteiger partial charge on any atom is 0.300 e. The molecule has 2 heterocycles. The van der Waals surface area contributed by atoms with Gasteiger partial charge >= 0.3 is 5.92 Å². The topological polar surface area (TPSA) is 0 Å². The molecule has 0 N–H and O–H groups in total. The van der Waals surface area contributed by atoms with Gasteiger partial charge in [0.25, 0.3) is 0 Å². The number of alkyl halides is 3. The monoisotopic (exact) mass is 406 g/mol. The van der Waals surface area contributed by atoms with Crippen molar-refractivity contribution in [2.24, 2.45) is 0 Å². The fourth-order valence-electron chi connectivity index (χ4n) is 4.64. The van der Waals surface area contributed by atoms with Crippen LogP contribution in [0.15, 0.2) is 18.7 Å². The Kier molecular flexibility index (Phi) is 3.13. The zero-order valence-electron chi connectivity index (χ0n) is 14.8. The van der Waals surface area contributed by atoms with Crippen LogP contribution in [0.1, 0.15) is 45.2 Å². The van der Waals surface area contributed by atoms with Crippen LogP contribution in [-0.4, -0.2) is 0 Å². The summed E-state index contributed by atoms with van der Waals surface area (Å²) in [5.41, 5.74) is 0.397. The zero-order chi connectivity index (χ0) is 19.5. The molecule has 138 valence electrons. The third kappa shape index (κ3) is 1.83. The first-order chi connectivity index (χ1) is 12.6. The van der Waals surface area contributed by atoms with Crippen LogP contribution < -0.4 is 0 Å². The molecule has 0 amide bonds. The zero-order valence-corrected chi connectivity index (χ0v) is 16.4. The van der Waals surface area contributed by atoms with Gasteiger partial charge in [-0.05, 0) is 44.0 Å². The Hall–Kier alpha value is -1.92. The highest BCUT2D eigenvalue weighted by Crippen LogP contribution is 2.63. The van der Waals surface area contributed by atoms with Gasteiger partial charge in [-0.2, -0.15) is 13.2 Å². The normalized spacial score (nSPS) is 21.0. The van der Waals surface area contributed by atoms with E-state index in [9.17, 15) is 4.39 Å². The molecule has 0 radical (unpaired) electrons. The largest absolute Gasteiger partial charge is 0.300 e. The molecule has 0 bridgehead atoms. The summed E-state index contributed by atoms with van der Waals surface area (Å²) in [5, 5.41) is -0.652. The van der Waals surface area contributed by atoms with Gasteiger partial charge in [0, 0.05) is 48.0 Å². The van der Waals surface area contributed by atoms with Crippen molar-refractivity contribution in [1.29, 1.82) is 0 Å². The van der Waals surface area contributed by atoms with Gasteiger partial charge in [-0.1, -0.05) is 12.7 Å². The molecule has 6 heteroatoms. The molecule has 5 rings (SSSR count). The van der Waals surface area contributed by atoms with E-state index >= 15 is 13.2 Å². The minimum atomic E-state index is -3.29. The molecular weight excluding hydrogens is 392 g/mol.